The van der Waals surface area contributed by atoms with Gasteiger partial charge in [-0.15, -0.1) is 0 Å². The summed E-state index contributed by atoms with van der Waals surface area (Å²) in [4.78, 5) is 23.2. The second-order valence-electron chi connectivity index (χ2n) is 4.31. The number of nitrogens with two attached hydrogens (primary N) is 1. The van der Waals surface area contributed by atoms with E-state index in [1.54, 1.807) is 13.8 Å². The van der Waals surface area contributed by atoms with E-state index in [0.717, 1.165) is 0 Å². The van der Waals surface area contributed by atoms with Gasteiger partial charge in [0.15, 0.2) is 0 Å². The van der Waals surface area contributed by atoms with E-state index in [1.165, 1.54) is 18.2 Å². The van der Waals surface area contributed by atoms with Crippen molar-refractivity contribution < 1.29 is 14.7 Å². The molecule has 0 unspecified atom stereocenters. The maximum Gasteiger partial charge on any atom is 0.337 e. The fourth-order valence-corrected chi connectivity index (χ4v) is 1.80. The van der Waals surface area contributed by atoms with Crippen LogP contribution in [-0.4, -0.2) is 22.5 Å². The number of carboxylic acid groups (broad SMARTS) is 1. The molecule has 19 heavy (non-hydrogen) atoms. The molecule has 0 aliphatic rings. The average Bonchev–Trinajstić information content (AvgIpc) is 2.37. The van der Waals surface area contributed by atoms with Crippen LogP contribution in [0.5, 0.6) is 0 Å². The molecule has 0 aliphatic carbocycles. The van der Waals surface area contributed by atoms with Crippen molar-refractivity contribution in [3.8, 4) is 0 Å². The molecule has 0 saturated heterocycles. The molecule has 0 atom stereocenters. The van der Waals surface area contributed by atoms with Crippen molar-refractivity contribution in [1.29, 1.82) is 0 Å². The summed E-state index contributed by atoms with van der Waals surface area (Å²) >= 11 is 5.81. The number of halogens is 1. The SMILES string of the molecule is CCC(N)(CC)C(=O)Nc1cc(Cl)ccc1C(=O)O. The number of nitrogens with one attached hydrogen (secondary N) is 1. The van der Waals surface area contributed by atoms with E-state index in [9.17, 15) is 9.59 Å². The summed E-state index contributed by atoms with van der Waals surface area (Å²) in [5, 5.41) is 12.0. The highest BCUT2D eigenvalue weighted by atomic mass is 35.5. The number of amides is 1. The Labute approximate surface area is 116 Å². The van der Waals surface area contributed by atoms with Crippen LogP contribution < -0.4 is 11.1 Å². The van der Waals surface area contributed by atoms with E-state index in [-0.39, 0.29) is 11.3 Å². The molecule has 104 valence electrons. The van der Waals surface area contributed by atoms with Crippen molar-refractivity contribution >= 4 is 29.2 Å². The predicted molar refractivity (Wildman–Crippen MR) is 74.5 cm³/mol. The van der Waals surface area contributed by atoms with Crippen molar-refractivity contribution in [2.24, 2.45) is 5.73 Å². The molecule has 0 bridgehead atoms. The van der Waals surface area contributed by atoms with E-state index in [0.29, 0.717) is 17.9 Å². The van der Waals surface area contributed by atoms with Crippen LogP contribution in [0.3, 0.4) is 0 Å². The lowest BCUT2D eigenvalue weighted by Gasteiger charge is -2.25. The topological polar surface area (TPSA) is 92.4 Å². The molecule has 0 aromatic heterocycles. The van der Waals surface area contributed by atoms with Gasteiger partial charge in [-0.1, -0.05) is 25.4 Å². The molecule has 0 radical (unpaired) electrons. The van der Waals surface area contributed by atoms with Gasteiger partial charge >= 0.3 is 5.97 Å². The highest BCUT2D eigenvalue weighted by molar-refractivity contribution is 6.31. The number of carbonyl (C=O) groups excluding carboxylic acids is 1. The van der Waals surface area contributed by atoms with Crippen molar-refractivity contribution in [2.45, 2.75) is 32.2 Å². The molecule has 1 rings (SSSR count). The minimum atomic E-state index is -1.14. The number of hydrogen-bond acceptors (Lipinski definition) is 3. The van der Waals surface area contributed by atoms with E-state index < -0.39 is 17.4 Å². The smallest absolute Gasteiger partial charge is 0.337 e. The lowest BCUT2D eigenvalue weighted by atomic mass is 9.93. The van der Waals surface area contributed by atoms with Crippen LogP contribution in [0.2, 0.25) is 5.02 Å². The first-order chi connectivity index (χ1) is 8.84. The molecule has 1 amide bonds. The third-order valence-corrected chi connectivity index (χ3v) is 3.41. The van der Waals surface area contributed by atoms with Crippen LogP contribution >= 0.6 is 11.6 Å². The van der Waals surface area contributed by atoms with Gasteiger partial charge in [0.25, 0.3) is 0 Å². The minimum absolute atomic E-state index is 0.0210. The van der Waals surface area contributed by atoms with Gasteiger partial charge in [0, 0.05) is 5.02 Å². The molecule has 0 aliphatic heterocycles. The van der Waals surface area contributed by atoms with Crippen LogP contribution in [-0.2, 0) is 4.79 Å². The van der Waals surface area contributed by atoms with Gasteiger partial charge in [0.2, 0.25) is 5.91 Å². The Balaban J connectivity index is 3.08. The Morgan fingerprint density at radius 3 is 2.42 bits per heavy atom. The molecule has 1 aromatic rings. The van der Waals surface area contributed by atoms with Crippen LogP contribution in [0.15, 0.2) is 18.2 Å². The molecule has 4 N–H and O–H groups in total. The van der Waals surface area contributed by atoms with Gasteiger partial charge in [-0.05, 0) is 31.0 Å². The standard InChI is InChI=1S/C13H17ClN2O3/c1-3-13(15,4-2)12(19)16-10-7-8(14)5-6-9(10)11(17)18/h5-7H,3-4,15H2,1-2H3,(H,16,19)(H,17,18). The first-order valence-corrected chi connectivity index (χ1v) is 6.35. The summed E-state index contributed by atoms with van der Waals surface area (Å²) in [7, 11) is 0. The van der Waals surface area contributed by atoms with Gasteiger partial charge < -0.3 is 16.2 Å². The molecule has 5 nitrogen and oxygen atoms in total. The highest BCUT2D eigenvalue weighted by Gasteiger charge is 2.30. The molecule has 0 saturated carbocycles. The number of carbonyl (C=O) groups is 2. The Morgan fingerprint density at radius 2 is 1.95 bits per heavy atom. The molecular weight excluding hydrogens is 268 g/mol. The molecule has 1 aromatic carbocycles. The van der Waals surface area contributed by atoms with Crippen LogP contribution in [0.4, 0.5) is 5.69 Å². The maximum atomic E-state index is 12.1. The van der Waals surface area contributed by atoms with Gasteiger partial charge in [0.1, 0.15) is 0 Å². The summed E-state index contributed by atoms with van der Waals surface area (Å²) in [5.74, 6) is -1.55. The maximum absolute atomic E-state index is 12.1. The largest absolute Gasteiger partial charge is 0.478 e. The van der Waals surface area contributed by atoms with Crippen molar-refractivity contribution in [3.05, 3.63) is 28.8 Å². The second-order valence-corrected chi connectivity index (χ2v) is 4.75. The molecule has 0 spiro atoms. The summed E-state index contributed by atoms with van der Waals surface area (Å²) in [6.45, 7) is 3.61. The first kappa shape index (κ1) is 15.5. The Kier molecular flexibility index (Phi) is 4.91. The molecule has 0 heterocycles. The number of aromatic carboxylic acids is 1. The monoisotopic (exact) mass is 284 g/mol. The van der Waals surface area contributed by atoms with Crippen molar-refractivity contribution in [2.75, 3.05) is 5.32 Å². The van der Waals surface area contributed by atoms with Gasteiger partial charge in [-0.3, -0.25) is 4.79 Å². The molecule has 6 heteroatoms. The van der Waals surface area contributed by atoms with Crippen LogP contribution in [0, 0.1) is 0 Å². The summed E-state index contributed by atoms with van der Waals surface area (Å²) < 4.78 is 0. The van der Waals surface area contributed by atoms with Crippen molar-refractivity contribution in [1.82, 2.24) is 0 Å². The Hall–Kier alpha value is -1.59. The number of carboxylic acids is 1. The second kappa shape index (κ2) is 6.04. The fourth-order valence-electron chi connectivity index (χ4n) is 1.62. The number of rotatable bonds is 5. The van der Waals surface area contributed by atoms with E-state index in [2.05, 4.69) is 5.32 Å². The normalized spacial score (nSPS) is 11.2. The van der Waals surface area contributed by atoms with Gasteiger partial charge in [-0.25, -0.2) is 4.79 Å². The predicted octanol–water partition coefficient (Wildman–Crippen LogP) is 2.49. The number of anilines is 1. The third-order valence-electron chi connectivity index (χ3n) is 3.17. The van der Waals surface area contributed by atoms with E-state index in [1.807, 2.05) is 0 Å². The zero-order valence-electron chi connectivity index (χ0n) is 10.9. The minimum Gasteiger partial charge on any atom is -0.478 e. The van der Waals surface area contributed by atoms with Crippen molar-refractivity contribution in [3.63, 3.8) is 0 Å². The third kappa shape index (κ3) is 3.45. The van der Waals surface area contributed by atoms with Gasteiger partial charge in [-0.2, -0.15) is 0 Å². The Morgan fingerprint density at radius 1 is 1.37 bits per heavy atom. The van der Waals surface area contributed by atoms with Gasteiger partial charge in [0.05, 0.1) is 16.8 Å². The highest BCUT2D eigenvalue weighted by Crippen LogP contribution is 2.23. The van der Waals surface area contributed by atoms with Crippen LogP contribution in [0.1, 0.15) is 37.0 Å². The first-order valence-electron chi connectivity index (χ1n) is 5.97. The summed E-state index contributed by atoms with van der Waals surface area (Å²) in [5.41, 5.74) is 5.08. The average molecular weight is 285 g/mol. The fraction of sp³-hybridized carbons (Fsp3) is 0.385. The molecule has 0 fully saturated rings. The lowest BCUT2D eigenvalue weighted by Crippen LogP contribution is -2.50. The summed E-state index contributed by atoms with van der Waals surface area (Å²) in [6, 6.07) is 4.20. The Bertz CT molecular complexity index is 499. The zero-order chi connectivity index (χ0) is 14.6. The lowest BCUT2D eigenvalue weighted by molar-refractivity contribution is -0.121. The van der Waals surface area contributed by atoms with E-state index >= 15 is 0 Å². The van der Waals surface area contributed by atoms with E-state index in [4.69, 9.17) is 22.4 Å². The quantitative estimate of drug-likeness (QED) is 0.774. The number of hydrogen-bond donors (Lipinski definition) is 3. The molecular formula is C13H17ClN2O3. The summed E-state index contributed by atoms with van der Waals surface area (Å²) in [6.07, 6.45) is 0.913. The van der Waals surface area contributed by atoms with Crippen LogP contribution in [0.25, 0.3) is 0 Å². The number of benzene rings is 1. The zero-order valence-corrected chi connectivity index (χ0v) is 11.6.